The number of benzene rings is 3. The molecule has 5 nitrogen and oxygen atoms in total. The zero-order valence-electron chi connectivity index (χ0n) is 17.8. The van der Waals surface area contributed by atoms with Crippen molar-refractivity contribution in [3.63, 3.8) is 0 Å². The summed E-state index contributed by atoms with van der Waals surface area (Å²) in [6.45, 7) is 4.07. The van der Waals surface area contributed by atoms with E-state index in [0.717, 1.165) is 22.0 Å². The van der Waals surface area contributed by atoms with E-state index in [1.165, 1.54) is 0 Å². The topological polar surface area (TPSA) is 62.4 Å². The zero-order chi connectivity index (χ0) is 22.0. The van der Waals surface area contributed by atoms with Crippen LogP contribution in [0.5, 0.6) is 5.75 Å². The maximum Gasteiger partial charge on any atom is 0.258 e. The van der Waals surface area contributed by atoms with Gasteiger partial charge in [0.05, 0.1) is 19.3 Å². The van der Waals surface area contributed by atoms with Gasteiger partial charge < -0.3 is 14.6 Å². The monoisotopic (exact) mass is 412 g/mol. The van der Waals surface area contributed by atoms with Crippen molar-refractivity contribution in [2.75, 3.05) is 12.0 Å². The highest BCUT2D eigenvalue weighted by Gasteiger charge is 2.22. The molecule has 0 bridgehead atoms. The highest BCUT2D eigenvalue weighted by molar-refractivity contribution is 6.07. The van der Waals surface area contributed by atoms with E-state index in [2.05, 4.69) is 4.98 Å². The minimum Gasteiger partial charge on any atom is -0.495 e. The number of para-hydroxylation sites is 2. The Kier molecular flexibility index (Phi) is 5.58. The summed E-state index contributed by atoms with van der Waals surface area (Å²) in [6, 6.07) is 22.5. The van der Waals surface area contributed by atoms with Gasteiger partial charge in [0.1, 0.15) is 5.75 Å². The van der Waals surface area contributed by atoms with Gasteiger partial charge in [-0.05, 0) is 61.7 Å². The number of anilines is 1. The highest BCUT2D eigenvalue weighted by atomic mass is 16.5. The first-order valence-electron chi connectivity index (χ1n) is 10.1. The SMILES string of the molecule is COc1ccccc1N(Cc1cc2cc(C)ccc2[nH]c1=O)C(=O)c1cccc(C)c1. The fourth-order valence-corrected chi connectivity index (χ4v) is 3.71. The second-order valence-electron chi connectivity index (χ2n) is 7.65. The van der Waals surface area contributed by atoms with Crippen molar-refractivity contribution in [2.24, 2.45) is 0 Å². The average molecular weight is 412 g/mol. The maximum absolute atomic E-state index is 13.6. The number of nitrogens with zero attached hydrogens (tertiary/aromatic N) is 1. The summed E-state index contributed by atoms with van der Waals surface area (Å²) in [7, 11) is 1.57. The molecule has 0 radical (unpaired) electrons. The number of aryl methyl sites for hydroxylation is 2. The molecule has 0 aliphatic heterocycles. The number of fused-ring (bicyclic) bond motifs is 1. The Labute approximate surface area is 180 Å². The van der Waals surface area contributed by atoms with E-state index >= 15 is 0 Å². The van der Waals surface area contributed by atoms with Crippen molar-refractivity contribution in [1.82, 2.24) is 4.98 Å². The first-order valence-corrected chi connectivity index (χ1v) is 10.1. The highest BCUT2D eigenvalue weighted by Crippen LogP contribution is 2.30. The van der Waals surface area contributed by atoms with Crippen LogP contribution in [0.2, 0.25) is 0 Å². The molecule has 0 saturated heterocycles. The van der Waals surface area contributed by atoms with Crippen LogP contribution in [-0.4, -0.2) is 18.0 Å². The largest absolute Gasteiger partial charge is 0.495 e. The number of carbonyl (C=O) groups is 1. The van der Waals surface area contributed by atoms with Crippen molar-refractivity contribution < 1.29 is 9.53 Å². The summed E-state index contributed by atoms with van der Waals surface area (Å²) in [5.41, 5.74) is 4.32. The second-order valence-corrected chi connectivity index (χ2v) is 7.65. The number of rotatable bonds is 5. The summed E-state index contributed by atoms with van der Waals surface area (Å²) in [5, 5.41) is 0.928. The van der Waals surface area contributed by atoms with Gasteiger partial charge in [0.15, 0.2) is 0 Å². The Balaban J connectivity index is 1.83. The molecular formula is C26H24N2O3. The molecule has 1 amide bonds. The molecule has 4 aromatic rings. The molecule has 4 rings (SSSR count). The lowest BCUT2D eigenvalue weighted by Crippen LogP contribution is -2.33. The number of hydrogen-bond donors (Lipinski definition) is 1. The molecule has 0 spiro atoms. The third-order valence-corrected chi connectivity index (χ3v) is 5.29. The van der Waals surface area contributed by atoms with Gasteiger partial charge in [-0.15, -0.1) is 0 Å². The minimum atomic E-state index is -0.215. The predicted octanol–water partition coefficient (Wildman–Crippen LogP) is 5.00. The quantitative estimate of drug-likeness (QED) is 0.502. The number of carbonyl (C=O) groups excluding carboxylic acids is 1. The molecule has 0 saturated carbocycles. The van der Waals surface area contributed by atoms with Gasteiger partial charge in [0.2, 0.25) is 0 Å². The summed E-state index contributed by atoms with van der Waals surface area (Å²) < 4.78 is 5.51. The molecular weight excluding hydrogens is 388 g/mol. The Morgan fingerprint density at radius 2 is 1.71 bits per heavy atom. The first-order chi connectivity index (χ1) is 15.0. The van der Waals surface area contributed by atoms with Crippen molar-refractivity contribution in [3.05, 3.63) is 105 Å². The van der Waals surface area contributed by atoms with Crippen molar-refractivity contribution in [1.29, 1.82) is 0 Å². The lowest BCUT2D eigenvalue weighted by molar-refractivity contribution is 0.0984. The molecule has 1 heterocycles. The van der Waals surface area contributed by atoms with Crippen LogP contribution < -0.4 is 15.2 Å². The fraction of sp³-hybridized carbons (Fsp3) is 0.154. The Morgan fingerprint density at radius 3 is 2.48 bits per heavy atom. The van der Waals surface area contributed by atoms with Crippen LogP contribution in [0.4, 0.5) is 5.69 Å². The molecule has 3 aromatic carbocycles. The fourth-order valence-electron chi connectivity index (χ4n) is 3.71. The zero-order valence-corrected chi connectivity index (χ0v) is 17.8. The maximum atomic E-state index is 13.6. The van der Waals surface area contributed by atoms with Crippen molar-refractivity contribution >= 4 is 22.5 Å². The van der Waals surface area contributed by atoms with Crippen LogP contribution in [0.25, 0.3) is 10.9 Å². The summed E-state index contributed by atoms with van der Waals surface area (Å²) >= 11 is 0. The van der Waals surface area contributed by atoms with E-state index in [9.17, 15) is 9.59 Å². The molecule has 0 atom stereocenters. The van der Waals surface area contributed by atoms with Gasteiger partial charge in [0.25, 0.3) is 11.5 Å². The van der Waals surface area contributed by atoms with Crippen LogP contribution in [-0.2, 0) is 6.54 Å². The molecule has 31 heavy (non-hydrogen) atoms. The number of nitrogens with one attached hydrogen (secondary N) is 1. The number of methoxy groups -OCH3 is 1. The Hall–Kier alpha value is -3.86. The standard InChI is InChI=1S/C26H24N2O3/c1-17-7-6-8-19(13-17)26(30)28(23-9-4-5-10-24(23)31-3)16-21-15-20-14-18(2)11-12-22(20)27-25(21)29/h4-15H,16H2,1-3H3,(H,27,29). The Bertz CT molecular complexity index is 1320. The second kappa shape index (κ2) is 8.48. The summed E-state index contributed by atoms with van der Waals surface area (Å²) in [6.07, 6.45) is 0. The van der Waals surface area contributed by atoms with Gasteiger partial charge in [-0.2, -0.15) is 0 Å². The number of H-pyrrole nitrogens is 1. The molecule has 1 aromatic heterocycles. The van der Waals surface area contributed by atoms with Gasteiger partial charge in [0, 0.05) is 16.6 Å². The number of hydrogen-bond acceptors (Lipinski definition) is 3. The van der Waals surface area contributed by atoms with Crippen LogP contribution >= 0.6 is 0 Å². The molecule has 0 fully saturated rings. The molecule has 156 valence electrons. The van der Waals surface area contributed by atoms with E-state index in [0.29, 0.717) is 22.6 Å². The summed E-state index contributed by atoms with van der Waals surface area (Å²) in [5.74, 6) is 0.369. The number of amides is 1. The average Bonchev–Trinajstić information content (AvgIpc) is 2.77. The number of ether oxygens (including phenoxy) is 1. The predicted molar refractivity (Wildman–Crippen MR) is 124 cm³/mol. The van der Waals surface area contributed by atoms with Gasteiger partial charge in [-0.3, -0.25) is 9.59 Å². The smallest absolute Gasteiger partial charge is 0.258 e. The summed E-state index contributed by atoms with van der Waals surface area (Å²) in [4.78, 5) is 30.9. The van der Waals surface area contributed by atoms with Crippen LogP contribution in [0.1, 0.15) is 27.0 Å². The third-order valence-electron chi connectivity index (χ3n) is 5.29. The van der Waals surface area contributed by atoms with Crippen LogP contribution in [0, 0.1) is 13.8 Å². The van der Waals surface area contributed by atoms with Crippen LogP contribution in [0.15, 0.2) is 77.6 Å². The van der Waals surface area contributed by atoms with E-state index in [4.69, 9.17) is 4.74 Å². The van der Waals surface area contributed by atoms with Gasteiger partial charge >= 0.3 is 0 Å². The minimum absolute atomic E-state index is 0.117. The first kappa shape index (κ1) is 20.4. The lowest BCUT2D eigenvalue weighted by Gasteiger charge is -2.25. The molecule has 0 unspecified atom stereocenters. The van der Waals surface area contributed by atoms with Crippen molar-refractivity contribution in [3.8, 4) is 5.75 Å². The van der Waals surface area contributed by atoms with Gasteiger partial charge in [-0.1, -0.05) is 41.5 Å². The Morgan fingerprint density at radius 1 is 0.935 bits per heavy atom. The van der Waals surface area contributed by atoms with E-state index in [1.807, 2.05) is 74.5 Å². The third kappa shape index (κ3) is 4.21. The number of aromatic nitrogens is 1. The molecule has 1 N–H and O–H groups in total. The van der Waals surface area contributed by atoms with E-state index in [1.54, 1.807) is 24.1 Å². The normalized spacial score (nSPS) is 10.8. The van der Waals surface area contributed by atoms with E-state index < -0.39 is 0 Å². The molecule has 5 heteroatoms. The van der Waals surface area contributed by atoms with Crippen LogP contribution in [0.3, 0.4) is 0 Å². The van der Waals surface area contributed by atoms with Crippen molar-refractivity contribution in [2.45, 2.75) is 20.4 Å². The number of aromatic amines is 1. The van der Waals surface area contributed by atoms with Gasteiger partial charge in [-0.25, -0.2) is 0 Å². The molecule has 0 aliphatic rings. The van der Waals surface area contributed by atoms with E-state index in [-0.39, 0.29) is 18.0 Å². The molecule has 0 aliphatic carbocycles. The number of pyridine rings is 1. The lowest BCUT2D eigenvalue weighted by atomic mass is 10.1.